The molecule has 0 aromatic heterocycles. The second kappa shape index (κ2) is 4.01. The Morgan fingerprint density at radius 2 is 1.86 bits per heavy atom. The van der Waals surface area contributed by atoms with E-state index in [1.165, 1.54) is 32.4 Å². The van der Waals surface area contributed by atoms with E-state index in [0.717, 1.165) is 11.8 Å². The topological polar surface area (TPSA) is 20.3 Å². The van der Waals surface area contributed by atoms with Crippen LogP contribution in [0.2, 0.25) is 0 Å². The molecule has 14 heavy (non-hydrogen) atoms. The van der Waals surface area contributed by atoms with Gasteiger partial charge in [-0.15, -0.1) is 0 Å². The van der Waals surface area contributed by atoms with E-state index in [1.807, 2.05) is 13.8 Å². The summed E-state index contributed by atoms with van der Waals surface area (Å²) in [6, 6.07) is 0. The lowest BCUT2D eigenvalue weighted by molar-refractivity contribution is -0.122. The third-order valence-electron chi connectivity index (χ3n) is 3.83. The van der Waals surface area contributed by atoms with Crippen LogP contribution in [0.4, 0.5) is 0 Å². The van der Waals surface area contributed by atoms with E-state index >= 15 is 0 Å². The molecule has 2 heteroatoms. The van der Waals surface area contributed by atoms with Gasteiger partial charge in [-0.1, -0.05) is 20.3 Å². The van der Waals surface area contributed by atoms with Crippen molar-refractivity contribution in [2.75, 3.05) is 19.6 Å². The van der Waals surface area contributed by atoms with Gasteiger partial charge in [0.15, 0.2) is 0 Å². The van der Waals surface area contributed by atoms with E-state index in [-0.39, 0.29) is 5.92 Å². The van der Waals surface area contributed by atoms with Crippen LogP contribution in [0.5, 0.6) is 0 Å². The van der Waals surface area contributed by atoms with Gasteiger partial charge in [0.05, 0.1) is 6.54 Å². The van der Waals surface area contributed by atoms with Crippen LogP contribution in [0, 0.1) is 17.8 Å². The van der Waals surface area contributed by atoms with Gasteiger partial charge in [-0.2, -0.15) is 0 Å². The van der Waals surface area contributed by atoms with Crippen LogP contribution in [0.25, 0.3) is 0 Å². The van der Waals surface area contributed by atoms with E-state index in [0.29, 0.717) is 12.3 Å². The number of nitrogens with zero attached hydrogens (tertiary/aromatic N) is 1. The van der Waals surface area contributed by atoms with Gasteiger partial charge < -0.3 is 0 Å². The Morgan fingerprint density at radius 3 is 2.36 bits per heavy atom. The standard InChI is InChI=1S/C12H21NO/c1-9(2)12(14)8-13-6-10-4-3-5-11(10)7-13/h9-11H,3-8H2,1-2H3. The summed E-state index contributed by atoms with van der Waals surface area (Å²) in [4.78, 5) is 13.9. The van der Waals surface area contributed by atoms with Crippen molar-refractivity contribution in [1.29, 1.82) is 0 Å². The van der Waals surface area contributed by atoms with E-state index in [9.17, 15) is 4.79 Å². The van der Waals surface area contributed by atoms with Crippen LogP contribution >= 0.6 is 0 Å². The maximum absolute atomic E-state index is 11.6. The lowest BCUT2D eigenvalue weighted by Crippen LogP contribution is -2.30. The molecule has 2 nitrogen and oxygen atoms in total. The molecule has 2 unspecified atom stereocenters. The molecule has 0 radical (unpaired) electrons. The molecule has 2 aliphatic rings. The Hall–Kier alpha value is -0.370. The zero-order chi connectivity index (χ0) is 10.1. The van der Waals surface area contributed by atoms with Crippen LogP contribution in [0.3, 0.4) is 0 Å². The fourth-order valence-corrected chi connectivity index (χ4v) is 2.86. The van der Waals surface area contributed by atoms with Crippen molar-refractivity contribution in [2.24, 2.45) is 17.8 Å². The van der Waals surface area contributed by atoms with Gasteiger partial charge in [0.25, 0.3) is 0 Å². The zero-order valence-corrected chi connectivity index (χ0v) is 9.33. The van der Waals surface area contributed by atoms with Gasteiger partial charge >= 0.3 is 0 Å². The molecule has 0 spiro atoms. The first-order valence-corrected chi connectivity index (χ1v) is 5.92. The number of ketones is 1. The van der Waals surface area contributed by atoms with Crippen molar-refractivity contribution in [3.8, 4) is 0 Å². The molecular weight excluding hydrogens is 174 g/mol. The summed E-state index contributed by atoms with van der Waals surface area (Å²) in [5.41, 5.74) is 0. The number of Topliss-reactive ketones (excluding diaryl/α,β-unsaturated/α-hetero) is 1. The molecule has 2 rings (SSSR count). The van der Waals surface area contributed by atoms with Gasteiger partial charge in [-0.25, -0.2) is 0 Å². The highest BCUT2D eigenvalue weighted by Crippen LogP contribution is 2.37. The van der Waals surface area contributed by atoms with Crippen molar-refractivity contribution in [1.82, 2.24) is 4.90 Å². The fourth-order valence-electron chi connectivity index (χ4n) is 2.86. The Morgan fingerprint density at radius 1 is 1.29 bits per heavy atom. The van der Waals surface area contributed by atoms with Gasteiger partial charge in [0.2, 0.25) is 0 Å². The molecule has 2 atom stereocenters. The van der Waals surface area contributed by atoms with Crippen molar-refractivity contribution in [2.45, 2.75) is 33.1 Å². The number of hydrogen-bond donors (Lipinski definition) is 0. The predicted molar refractivity (Wildman–Crippen MR) is 57.1 cm³/mol. The van der Waals surface area contributed by atoms with Crippen molar-refractivity contribution in [3.05, 3.63) is 0 Å². The quantitative estimate of drug-likeness (QED) is 0.686. The molecule has 0 N–H and O–H groups in total. The highest BCUT2D eigenvalue weighted by molar-refractivity contribution is 5.82. The molecule has 1 aliphatic heterocycles. The minimum atomic E-state index is 0.204. The highest BCUT2D eigenvalue weighted by Gasteiger charge is 2.36. The normalized spacial score (nSPS) is 32.5. The van der Waals surface area contributed by atoms with Gasteiger partial charge in [-0.3, -0.25) is 9.69 Å². The van der Waals surface area contributed by atoms with Crippen LogP contribution in [-0.4, -0.2) is 30.3 Å². The first-order chi connectivity index (χ1) is 6.66. The molecule has 0 aromatic rings. The predicted octanol–water partition coefficient (Wildman–Crippen LogP) is 1.94. The molecule has 1 saturated carbocycles. The SMILES string of the molecule is CC(C)C(=O)CN1CC2CCCC2C1. The molecule has 2 fully saturated rings. The monoisotopic (exact) mass is 195 g/mol. The van der Waals surface area contributed by atoms with Gasteiger partial charge in [0, 0.05) is 19.0 Å². The lowest BCUT2D eigenvalue weighted by atomic mass is 10.0. The van der Waals surface area contributed by atoms with Crippen molar-refractivity contribution < 1.29 is 4.79 Å². The van der Waals surface area contributed by atoms with E-state index in [2.05, 4.69) is 4.90 Å². The Bertz CT molecular complexity index is 212. The molecule has 0 aromatic carbocycles. The van der Waals surface area contributed by atoms with Crippen LogP contribution in [0.15, 0.2) is 0 Å². The number of carbonyl (C=O) groups is 1. The molecule has 0 bridgehead atoms. The smallest absolute Gasteiger partial charge is 0.149 e. The first-order valence-electron chi connectivity index (χ1n) is 5.92. The summed E-state index contributed by atoms with van der Waals surface area (Å²) in [7, 11) is 0. The van der Waals surface area contributed by atoms with Crippen LogP contribution in [-0.2, 0) is 4.79 Å². The number of hydrogen-bond acceptors (Lipinski definition) is 2. The summed E-state index contributed by atoms with van der Waals surface area (Å²) in [6.45, 7) is 7.06. The van der Waals surface area contributed by atoms with Crippen LogP contribution in [0.1, 0.15) is 33.1 Å². The van der Waals surface area contributed by atoms with E-state index in [4.69, 9.17) is 0 Å². The van der Waals surface area contributed by atoms with Gasteiger partial charge in [0.1, 0.15) is 5.78 Å². The van der Waals surface area contributed by atoms with E-state index in [1.54, 1.807) is 0 Å². The Balaban J connectivity index is 1.82. The third kappa shape index (κ3) is 2.00. The van der Waals surface area contributed by atoms with Crippen molar-refractivity contribution in [3.63, 3.8) is 0 Å². The number of fused-ring (bicyclic) bond motifs is 1. The summed E-state index contributed by atoms with van der Waals surface area (Å²) in [5.74, 6) is 2.44. The summed E-state index contributed by atoms with van der Waals surface area (Å²) < 4.78 is 0. The molecular formula is C12H21NO. The number of rotatable bonds is 3. The largest absolute Gasteiger partial charge is 0.298 e. The Kier molecular flexibility index (Phi) is 2.91. The zero-order valence-electron chi connectivity index (χ0n) is 9.33. The average molecular weight is 195 g/mol. The highest BCUT2D eigenvalue weighted by atomic mass is 16.1. The minimum absolute atomic E-state index is 0.204. The average Bonchev–Trinajstić information content (AvgIpc) is 2.63. The molecule has 1 heterocycles. The summed E-state index contributed by atoms with van der Waals surface area (Å²) >= 11 is 0. The molecule has 80 valence electrons. The molecule has 0 amide bonds. The van der Waals surface area contributed by atoms with Crippen LogP contribution < -0.4 is 0 Å². The van der Waals surface area contributed by atoms with Gasteiger partial charge in [-0.05, 0) is 24.7 Å². The van der Waals surface area contributed by atoms with E-state index < -0.39 is 0 Å². The first kappa shape index (κ1) is 10.2. The Labute approximate surface area is 86.7 Å². The lowest BCUT2D eigenvalue weighted by Gasteiger charge is -2.16. The van der Waals surface area contributed by atoms with Crippen molar-refractivity contribution >= 4 is 5.78 Å². The maximum Gasteiger partial charge on any atom is 0.149 e. The minimum Gasteiger partial charge on any atom is -0.298 e. The molecule has 1 saturated heterocycles. The number of carbonyl (C=O) groups excluding carboxylic acids is 1. The third-order valence-corrected chi connectivity index (χ3v) is 3.83. The summed E-state index contributed by atoms with van der Waals surface area (Å²) in [5, 5.41) is 0. The number of likely N-dealkylation sites (tertiary alicyclic amines) is 1. The molecule has 1 aliphatic carbocycles. The maximum atomic E-state index is 11.6. The summed E-state index contributed by atoms with van der Waals surface area (Å²) in [6.07, 6.45) is 4.22. The second-order valence-corrected chi connectivity index (χ2v) is 5.27. The fraction of sp³-hybridized carbons (Fsp3) is 0.917. The second-order valence-electron chi connectivity index (χ2n) is 5.27.